The highest BCUT2D eigenvalue weighted by atomic mass is 16.1. The molecule has 0 bridgehead atoms. The lowest BCUT2D eigenvalue weighted by Crippen LogP contribution is -1.91. The molecule has 0 saturated heterocycles. The van der Waals surface area contributed by atoms with E-state index in [4.69, 9.17) is 0 Å². The van der Waals surface area contributed by atoms with E-state index in [1.54, 1.807) is 0 Å². The normalized spacial score (nSPS) is 13.7. The highest BCUT2D eigenvalue weighted by Gasteiger charge is 2.01. The van der Waals surface area contributed by atoms with Crippen molar-refractivity contribution in [1.82, 2.24) is 0 Å². The number of aldehydes is 1. The highest BCUT2D eigenvalue weighted by molar-refractivity contribution is 6.06. The molecule has 0 aliphatic carbocycles. The molecule has 1 heteroatoms. The smallest absolute Gasteiger partial charge is 0.150 e. The molecule has 74 valence electrons. The molecule has 1 aromatic rings. The van der Waals surface area contributed by atoms with Crippen LogP contribution in [0.4, 0.5) is 0 Å². The fourth-order valence-corrected chi connectivity index (χ4v) is 1.26. The molecule has 0 heterocycles. The SMILES string of the molecule is CCC(C)/C=C(\C=O)c1ccccc1. The van der Waals surface area contributed by atoms with E-state index in [1.807, 2.05) is 36.4 Å². The molecule has 0 radical (unpaired) electrons. The summed E-state index contributed by atoms with van der Waals surface area (Å²) < 4.78 is 0. The van der Waals surface area contributed by atoms with Crippen LogP contribution < -0.4 is 0 Å². The Morgan fingerprint density at radius 3 is 2.50 bits per heavy atom. The second-order valence-electron chi connectivity index (χ2n) is 3.49. The lowest BCUT2D eigenvalue weighted by Gasteiger charge is -2.04. The van der Waals surface area contributed by atoms with Gasteiger partial charge in [0.05, 0.1) is 0 Å². The molecule has 0 amide bonds. The van der Waals surface area contributed by atoms with Gasteiger partial charge in [-0.2, -0.15) is 0 Å². The summed E-state index contributed by atoms with van der Waals surface area (Å²) in [5, 5.41) is 0. The third-order valence-corrected chi connectivity index (χ3v) is 2.34. The molecule has 14 heavy (non-hydrogen) atoms. The minimum Gasteiger partial charge on any atom is -0.298 e. The van der Waals surface area contributed by atoms with E-state index in [9.17, 15) is 4.79 Å². The van der Waals surface area contributed by atoms with Crippen molar-refractivity contribution < 1.29 is 4.79 Å². The first kappa shape index (κ1) is 10.7. The summed E-state index contributed by atoms with van der Waals surface area (Å²) in [6.45, 7) is 4.24. The first-order valence-electron chi connectivity index (χ1n) is 5.00. The fraction of sp³-hybridized carbons (Fsp3) is 0.308. The highest BCUT2D eigenvalue weighted by Crippen LogP contribution is 2.15. The Bertz CT molecular complexity index is 311. The summed E-state index contributed by atoms with van der Waals surface area (Å²) in [7, 11) is 0. The topological polar surface area (TPSA) is 17.1 Å². The minimum absolute atomic E-state index is 0.454. The lowest BCUT2D eigenvalue weighted by molar-refractivity contribution is -0.103. The van der Waals surface area contributed by atoms with Gasteiger partial charge >= 0.3 is 0 Å². The van der Waals surface area contributed by atoms with Crippen LogP contribution in [0.5, 0.6) is 0 Å². The molecule has 0 spiro atoms. The zero-order chi connectivity index (χ0) is 10.4. The Morgan fingerprint density at radius 1 is 1.36 bits per heavy atom. The largest absolute Gasteiger partial charge is 0.298 e. The van der Waals surface area contributed by atoms with Gasteiger partial charge in [-0.3, -0.25) is 4.79 Å². The number of hydrogen-bond donors (Lipinski definition) is 0. The van der Waals surface area contributed by atoms with E-state index >= 15 is 0 Å². The summed E-state index contributed by atoms with van der Waals surface area (Å²) >= 11 is 0. The van der Waals surface area contributed by atoms with Crippen LogP contribution in [0.25, 0.3) is 5.57 Å². The Kier molecular flexibility index (Phi) is 4.11. The van der Waals surface area contributed by atoms with Crippen LogP contribution >= 0.6 is 0 Å². The van der Waals surface area contributed by atoms with E-state index in [0.717, 1.165) is 23.8 Å². The van der Waals surface area contributed by atoms with Gasteiger partial charge < -0.3 is 0 Å². The number of carbonyl (C=O) groups excluding carboxylic acids is 1. The number of rotatable bonds is 4. The summed E-state index contributed by atoms with van der Waals surface area (Å²) in [6.07, 6.45) is 4.02. The quantitative estimate of drug-likeness (QED) is 0.523. The van der Waals surface area contributed by atoms with Gasteiger partial charge in [-0.05, 0) is 11.5 Å². The predicted molar refractivity (Wildman–Crippen MR) is 59.9 cm³/mol. The average Bonchev–Trinajstić information content (AvgIpc) is 2.26. The summed E-state index contributed by atoms with van der Waals surface area (Å²) in [6, 6.07) is 9.77. The third-order valence-electron chi connectivity index (χ3n) is 2.34. The van der Waals surface area contributed by atoms with Crippen molar-refractivity contribution in [2.75, 3.05) is 0 Å². The second kappa shape index (κ2) is 5.38. The van der Waals surface area contributed by atoms with Gasteiger partial charge in [-0.25, -0.2) is 0 Å². The van der Waals surface area contributed by atoms with Crippen molar-refractivity contribution in [1.29, 1.82) is 0 Å². The molecule has 0 aliphatic heterocycles. The van der Waals surface area contributed by atoms with E-state index in [1.165, 1.54) is 0 Å². The first-order chi connectivity index (χ1) is 6.77. The van der Waals surface area contributed by atoms with Gasteiger partial charge in [0.25, 0.3) is 0 Å². The van der Waals surface area contributed by atoms with Crippen molar-refractivity contribution in [3.8, 4) is 0 Å². The molecule has 1 aromatic carbocycles. The number of carbonyl (C=O) groups is 1. The summed E-state index contributed by atoms with van der Waals surface area (Å²) in [5.41, 5.74) is 1.79. The first-order valence-corrected chi connectivity index (χ1v) is 5.00. The van der Waals surface area contributed by atoms with E-state index in [-0.39, 0.29) is 0 Å². The molecular weight excluding hydrogens is 172 g/mol. The van der Waals surface area contributed by atoms with Crippen molar-refractivity contribution >= 4 is 11.9 Å². The number of benzene rings is 1. The van der Waals surface area contributed by atoms with Gasteiger partial charge in [0.15, 0.2) is 0 Å². The van der Waals surface area contributed by atoms with E-state index in [2.05, 4.69) is 13.8 Å². The zero-order valence-electron chi connectivity index (χ0n) is 8.73. The van der Waals surface area contributed by atoms with Crippen LogP contribution in [0, 0.1) is 5.92 Å². The van der Waals surface area contributed by atoms with Crippen molar-refractivity contribution in [3.05, 3.63) is 42.0 Å². The van der Waals surface area contributed by atoms with Crippen LogP contribution in [0.2, 0.25) is 0 Å². The van der Waals surface area contributed by atoms with Crippen LogP contribution in [0.15, 0.2) is 36.4 Å². The Labute approximate surface area is 85.5 Å². The predicted octanol–water partition coefficient (Wildman–Crippen LogP) is 3.32. The van der Waals surface area contributed by atoms with E-state index in [0.29, 0.717) is 5.92 Å². The maximum atomic E-state index is 10.9. The van der Waals surface area contributed by atoms with Crippen molar-refractivity contribution in [3.63, 3.8) is 0 Å². The Hall–Kier alpha value is -1.37. The molecular formula is C13H16O. The molecule has 1 unspecified atom stereocenters. The van der Waals surface area contributed by atoms with Crippen LogP contribution in [-0.2, 0) is 4.79 Å². The standard InChI is InChI=1S/C13H16O/c1-3-11(2)9-13(10-14)12-7-5-4-6-8-12/h4-11H,3H2,1-2H3/b13-9+. The molecule has 0 saturated carbocycles. The molecule has 0 aliphatic rings. The summed E-state index contributed by atoms with van der Waals surface area (Å²) in [4.78, 5) is 10.9. The average molecular weight is 188 g/mol. The van der Waals surface area contributed by atoms with Gasteiger partial charge in [0, 0.05) is 5.57 Å². The van der Waals surface area contributed by atoms with Gasteiger partial charge in [0.1, 0.15) is 6.29 Å². The molecule has 1 rings (SSSR count). The zero-order valence-corrected chi connectivity index (χ0v) is 8.73. The lowest BCUT2D eigenvalue weighted by atomic mass is 10.0. The molecule has 1 atom stereocenters. The molecule has 1 nitrogen and oxygen atoms in total. The van der Waals surface area contributed by atoms with Gasteiger partial charge in [0.2, 0.25) is 0 Å². The fourth-order valence-electron chi connectivity index (χ4n) is 1.26. The van der Waals surface area contributed by atoms with Crippen LogP contribution in [-0.4, -0.2) is 6.29 Å². The van der Waals surface area contributed by atoms with Crippen LogP contribution in [0.1, 0.15) is 25.8 Å². The Morgan fingerprint density at radius 2 is 2.00 bits per heavy atom. The number of allylic oxidation sites excluding steroid dienone is 2. The van der Waals surface area contributed by atoms with Gasteiger partial charge in [-0.1, -0.05) is 56.7 Å². The Balaban J connectivity index is 2.93. The van der Waals surface area contributed by atoms with Gasteiger partial charge in [-0.15, -0.1) is 0 Å². The maximum absolute atomic E-state index is 10.9. The van der Waals surface area contributed by atoms with Crippen LogP contribution in [0.3, 0.4) is 0 Å². The molecule has 0 aromatic heterocycles. The van der Waals surface area contributed by atoms with Crippen molar-refractivity contribution in [2.45, 2.75) is 20.3 Å². The monoisotopic (exact) mass is 188 g/mol. The number of hydrogen-bond acceptors (Lipinski definition) is 1. The maximum Gasteiger partial charge on any atom is 0.150 e. The van der Waals surface area contributed by atoms with Crippen molar-refractivity contribution in [2.24, 2.45) is 5.92 Å². The molecule has 0 fully saturated rings. The third kappa shape index (κ3) is 2.84. The molecule has 0 N–H and O–H groups in total. The second-order valence-corrected chi connectivity index (χ2v) is 3.49. The summed E-state index contributed by atoms with van der Waals surface area (Å²) in [5.74, 6) is 0.454. The van der Waals surface area contributed by atoms with E-state index < -0.39 is 0 Å². The minimum atomic E-state index is 0.454.